The largest absolute Gasteiger partial charge is 0.394 e. The van der Waals surface area contributed by atoms with E-state index >= 15 is 0 Å². The molecule has 9 nitrogen and oxygen atoms in total. The maximum atomic E-state index is 12.9. The summed E-state index contributed by atoms with van der Waals surface area (Å²) in [5.74, 6) is -0.159. The summed E-state index contributed by atoms with van der Waals surface area (Å²) in [5.41, 5.74) is 0. The summed E-state index contributed by atoms with van der Waals surface area (Å²) in [7, 11) is 0. The smallest absolute Gasteiger partial charge is 0.220 e. The molecule has 1 saturated heterocycles. The number of carbonyl (C=O) groups excluding carboxylic acids is 1. The molecule has 0 bridgehead atoms. The average molecular weight is 754 g/mol. The van der Waals surface area contributed by atoms with Gasteiger partial charge < -0.3 is 40.3 Å². The molecule has 1 fully saturated rings. The van der Waals surface area contributed by atoms with Crippen molar-refractivity contribution in [3.8, 4) is 0 Å². The summed E-state index contributed by atoms with van der Waals surface area (Å²) >= 11 is 0. The second kappa shape index (κ2) is 35.1. The van der Waals surface area contributed by atoms with Gasteiger partial charge in [0.1, 0.15) is 24.4 Å². The van der Waals surface area contributed by atoms with E-state index in [0.29, 0.717) is 12.8 Å². The molecule has 9 heteroatoms. The molecule has 53 heavy (non-hydrogen) atoms. The lowest BCUT2D eigenvalue weighted by Crippen LogP contribution is -2.60. The fourth-order valence-corrected chi connectivity index (χ4v) is 6.95. The topological polar surface area (TPSA) is 149 Å². The number of aliphatic hydroxyl groups excluding tert-OH is 5. The zero-order chi connectivity index (χ0) is 38.8. The Morgan fingerprint density at radius 1 is 0.642 bits per heavy atom. The lowest BCUT2D eigenvalue weighted by molar-refractivity contribution is -0.302. The summed E-state index contributed by atoms with van der Waals surface area (Å²) in [6.45, 7) is 3.79. The lowest BCUT2D eigenvalue weighted by Gasteiger charge is -2.40. The highest BCUT2D eigenvalue weighted by Crippen LogP contribution is 2.23. The van der Waals surface area contributed by atoms with E-state index in [-0.39, 0.29) is 12.5 Å². The van der Waals surface area contributed by atoms with Crippen LogP contribution in [0.15, 0.2) is 24.3 Å². The quantitative estimate of drug-likeness (QED) is 0.0275. The van der Waals surface area contributed by atoms with Gasteiger partial charge >= 0.3 is 0 Å². The molecule has 312 valence electrons. The number of nitrogens with one attached hydrogen (secondary N) is 1. The van der Waals surface area contributed by atoms with E-state index in [1.165, 1.54) is 103 Å². The van der Waals surface area contributed by atoms with Crippen LogP contribution < -0.4 is 5.32 Å². The zero-order valence-corrected chi connectivity index (χ0v) is 34.0. The monoisotopic (exact) mass is 754 g/mol. The van der Waals surface area contributed by atoms with Crippen molar-refractivity contribution in [1.29, 1.82) is 0 Å². The predicted molar refractivity (Wildman–Crippen MR) is 217 cm³/mol. The van der Waals surface area contributed by atoms with Crippen LogP contribution in [0.5, 0.6) is 0 Å². The van der Waals surface area contributed by atoms with Gasteiger partial charge in [0.25, 0.3) is 0 Å². The van der Waals surface area contributed by atoms with Gasteiger partial charge in [-0.1, -0.05) is 167 Å². The second-order valence-electron chi connectivity index (χ2n) is 15.5. The van der Waals surface area contributed by atoms with Gasteiger partial charge in [0.05, 0.1) is 25.4 Å². The van der Waals surface area contributed by atoms with Gasteiger partial charge in [-0.3, -0.25) is 4.79 Å². The fourth-order valence-electron chi connectivity index (χ4n) is 6.95. The van der Waals surface area contributed by atoms with E-state index in [2.05, 4.69) is 43.5 Å². The van der Waals surface area contributed by atoms with Gasteiger partial charge in [-0.05, 0) is 44.9 Å². The molecule has 1 rings (SSSR count). The lowest BCUT2D eigenvalue weighted by atomic mass is 9.99. The van der Waals surface area contributed by atoms with Crippen LogP contribution in [0.3, 0.4) is 0 Å². The van der Waals surface area contributed by atoms with E-state index in [0.717, 1.165) is 64.2 Å². The van der Waals surface area contributed by atoms with Crippen molar-refractivity contribution in [2.24, 2.45) is 0 Å². The van der Waals surface area contributed by atoms with Crippen molar-refractivity contribution in [2.45, 2.75) is 236 Å². The molecule has 0 aromatic rings. The molecule has 1 heterocycles. The first-order chi connectivity index (χ1) is 25.8. The minimum absolute atomic E-state index is 0.142. The summed E-state index contributed by atoms with van der Waals surface area (Å²) < 4.78 is 11.2. The van der Waals surface area contributed by atoms with Crippen LogP contribution in [0.2, 0.25) is 0 Å². The molecule has 0 aromatic carbocycles. The maximum absolute atomic E-state index is 12.9. The Kier molecular flexibility index (Phi) is 32.9. The van der Waals surface area contributed by atoms with E-state index in [1.54, 1.807) is 0 Å². The van der Waals surface area contributed by atoms with Gasteiger partial charge in [0.2, 0.25) is 5.91 Å². The number of ether oxygens (including phenoxy) is 2. The highest BCUT2D eigenvalue weighted by atomic mass is 16.7. The van der Waals surface area contributed by atoms with Crippen LogP contribution in [0.4, 0.5) is 0 Å². The van der Waals surface area contributed by atoms with Crippen molar-refractivity contribution >= 4 is 5.91 Å². The fraction of sp³-hybridized carbons (Fsp3) is 0.886. The van der Waals surface area contributed by atoms with Gasteiger partial charge in [-0.2, -0.15) is 0 Å². The van der Waals surface area contributed by atoms with Crippen LogP contribution in [-0.2, 0) is 14.3 Å². The van der Waals surface area contributed by atoms with Crippen LogP contribution >= 0.6 is 0 Å². The molecule has 7 unspecified atom stereocenters. The van der Waals surface area contributed by atoms with Gasteiger partial charge in [-0.25, -0.2) is 0 Å². The van der Waals surface area contributed by atoms with E-state index < -0.39 is 49.5 Å². The highest BCUT2D eigenvalue weighted by molar-refractivity contribution is 5.76. The number of rotatable bonds is 36. The van der Waals surface area contributed by atoms with E-state index in [4.69, 9.17) is 9.47 Å². The van der Waals surface area contributed by atoms with Gasteiger partial charge in [0, 0.05) is 6.42 Å². The summed E-state index contributed by atoms with van der Waals surface area (Å²) in [4.78, 5) is 12.9. The number of hydrogen-bond donors (Lipinski definition) is 6. The molecule has 0 saturated carbocycles. The number of aliphatic hydroxyl groups is 5. The first-order valence-electron chi connectivity index (χ1n) is 22.0. The zero-order valence-electron chi connectivity index (χ0n) is 34.0. The van der Waals surface area contributed by atoms with Crippen LogP contribution in [0, 0.1) is 0 Å². The van der Waals surface area contributed by atoms with Crippen LogP contribution in [-0.4, -0.2) is 87.5 Å². The number of amides is 1. The molecule has 0 radical (unpaired) electrons. The Balaban J connectivity index is 2.37. The average Bonchev–Trinajstić information content (AvgIpc) is 3.16. The van der Waals surface area contributed by atoms with Crippen molar-refractivity contribution in [3.05, 3.63) is 24.3 Å². The normalized spacial score (nSPS) is 21.8. The van der Waals surface area contributed by atoms with Crippen LogP contribution in [0.1, 0.15) is 194 Å². The Hall–Kier alpha value is -1.33. The van der Waals surface area contributed by atoms with Crippen molar-refractivity contribution < 1.29 is 39.8 Å². The van der Waals surface area contributed by atoms with E-state index in [1.807, 2.05) is 0 Å². The number of hydrogen-bond acceptors (Lipinski definition) is 8. The van der Waals surface area contributed by atoms with E-state index in [9.17, 15) is 30.3 Å². The van der Waals surface area contributed by atoms with Crippen LogP contribution in [0.25, 0.3) is 0 Å². The maximum Gasteiger partial charge on any atom is 0.220 e. The molecule has 0 aromatic heterocycles. The molecule has 7 atom stereocenters. The van der Waals surface area contributed by atoms with Crippen molar-refractivity contribution in [2.75, 3.05) is 13.2 Å². The molecule has 1 aliphatic heterocycles. The third kappa shape index (κ3) is 26.2. The molecule has 0 spiro atoms. The molecule has 1 aliphatic rings. The molecule has 6 N–H and O–H groups in total. The third-order valence-corrected chi connectivity index (χ3v) is 10.6. The Morgan fingerprint density at radius 2 is 1.11 bits per heavy atom. The van der Waals surface area contributed by atoms with Gasteiger partial charge in [0.15, 0.2) is 6.29 Å². The highest BCUT2D eigenvalue weighted by Gasteiger charge is 2.44. The predicted octanol–water partition coefficient (Wildman–Crippen LogP) is 8.72. The Labute approximate surface area is 324 Å². The summed E-state index contributed by atoms with van der Waals surface area (Å²) in [5, 5.41) is 54.3. The Morgan fingerprint density at radius 3 is 1.66 bits per heavy atom. The third-order valence-electron chi connectivity index (χ3n) is 10.6. The minimum atomic E-state index is -1.55. The number of allylic oxidation sites excluding steroid dienone is 4. The summed E-state index contributed by atoms with van der Waals surface area (Å²) in [6, 6.07) is -0.723. The Bertz CT molecular complexity index is 883. The first kappa shape index (κ1) is 49.7. The summed E-state index contributed by atoms with van der Waals surface area (Å²) in [6.07, 6.45) is 33.2. The van der Waals surface area contributed by atoms with Crippen molar-refractivity contribution in [1.82, 2.24) is 5.32 Å². The number of carbonyl (C=O) groups is 1. The molecular weight excluding hydrogens is 670 g/mol. The standard InChI is InChI=1S/C44H83NO8/c1-3-5-7-9-11-13-15-17-19-21-23-25-27-29-31-33-38(47)37(36-52-44-43(51)42(50)41(49)39(35-46)53-44)45-40(48)34-32-30-28-26-24-22-20-18-16-14-12-10-8-6-4-2/h12,14,18,20,37-39,41-44,46-47,49-51H,3-11,13,15-17,19,21-36H2,1-2H3,(H,45,48)/b14-12-,20-18-. The van der Waals surface area contributed by atoms with Crippen molar-refractivity contribution in [3.63, 3.8) is 0 Å². The number of unbranched alkanes of at least 4 members (excludes halogenated alkanes) is 22. The first-order valence-corrected chi connectivity index (χ1v) is 22.0. The molecule has 1 amide bonds. The minimum Gasteiger partial charge on any atom is -0.394 e. The van der Waals surface area contributed by atoms with Gasteiger partial charge in [-0.15, -0.1) is 0 Å². The molecule has 0 aliphatic carbocycles. The second-order valence-corrected chi connectivity index (χ2v) is 15.5. The SMILES string of the molecule is CCCCC/C=C\C/C=C\CCCCCCCC(=O)NC(COC1OC(CO)C(O)C(O)C1O)C(O)CCCCCCCCCCCCCCCCC. The molecular formula is C44H83NO8.